The van der Waals surface area contributed by atoms with Gasteiger partial charge in [0.1, 0.15) is 0 Å². The van der Waals surface area contributed by atoms with Crippen molar-refractivity contribution < 1.29 is 8.42 Å². The number of hydrogen-bond donors (Lipinski definition) is 1. The molecule has 5 nitrogen and oxygen atoms in total. The summed E-state index contributed by atoms with van der Waals surface area (Å²) in [6, 6.07) is 14.7. The largest absolute Gasteiger partial charge is 0.264 e. The fraction of sp³-hybridized carbons (Fsp3) is 0.176. The SMILES string of the molecule is Cc1c(Cl)cccc1S(=O)(=O)Nc1nc(C(C)Sc2ccccc2)ns1. The number of halogens is 1. The number of sulfonamides is 1. The zero-order valence-electron chi connectivity index (χ0n) is 14.0. The number of benzene rings is 2. The lowest BCUT2D eigenvalue weighted by Crippen LogP contribution is -2.14. The summed E-state index contributed by atoms with van der Waals surface area (Å²) in [6.07, 6.45) is 0. The average Bonchev–Trinajstić information content (AvgIpc) is 3.06. The molecule has 0 aliphatic heterocycles. The molecule has 2 aromatic carbocycles. The lowest BCUT2D eigenvalue weighted by Gasteiger charge is -2.09. The fourth-order valence-electron chi connectivity index (χ4n) is 2.25. The van der Waals surface area contributed by atoms with Gasteiger partial charge in [0, 0.05) is 21.5 Å². The Morgan fingerprint density at radius 3 is 2.62 bits per heavy atom. The van der Waals surface area contributed by atoms with E-state index in [1.165, 1.54) is 6.07 Å². The molecule has 0 aliphatic rings. The van der Waals surface area contributed by atoms with Gasteiger partial charge < -0.3 is 0 Å². The van der Waals surface area contributed by atoms with E-state index >= 15 is 0 Å². The Kier molecular flexibility index (Phi) is 5.86. The first kappa shape index (κ1) is 19.2. The predicted octanol–water partition coefficient (Wildman–Crippen LogP) is 5.15. The third-order valence-corrected chi connectivity index (χ3v) is 7.37. The summed E-state index contributed by atoms with van der Waals surface area (Å²) in [7, 11) is -3.77. The Labute approximate surface area is 166 Å². The first-order valence-electron chi connectivity index (χ1n) is 7.70. The Balaban J connectivity index is 1.76. The number of nitrogens with one attached hydrogen (secondary N) is 1. The maximum atomic E-state index is 12.6. The summed E-state index contributed by atoms with van der Waals surface area (Å²) < 4.78 is 32.0. The Hall–Kier alpha value is -1.61. The number of hydrogen-bond acceptors (Lipinski definition) is 6. The van der Waals surface area contributed by atoms with Crippen LogP contribution in [0.25, 0.3) is 0 Å². The highest BCUT2D eigenvalue weighted by Crippen LogP contribution is 2.34. The molecule has 26 heavy (non-hydrogen) atoms. The topological polar surface area (TPSA) is 72.0 Å². The van der Waals surface area contributed by atoms with Crippen LogP contribution in [0.1, 0.15) is 23.6 Å². The predicted molar refractivity (Wildman–Crippen MR) is 108 cm³/mol. The zero-order chi connectivity index (χ0) is 18.7. The van der Waals surface area contributed by atoms with Gasteiger partial charge in [-0.2, -0.15) is 4.37 Å². The Morgan fingerprint density at radius 2 is 1.88 bits per heavy atom. The normalized spacial score (nSPS) is 12.7. The fourth-order valence-corrected chi connectivity index (χ4v) is 5.62. The zero-order valence-corrected chi connectivity index (χ0v) is 17.2. The summed E-state index contributed by atoms with van der Waals surface area (Å²) in [4.78, 5) is 5.57. The molecule has 136 valence electrons. The number of nitrogens with zero attached hydrogens (tertiary/aromatic N) is 2. The van der Waals surface area contributed by atoms with Crippen molar-refractivity contribution in [3.05, 3.63) is 64.9 Å². The van der Waals surface area contributed by atoms with Crippen molar-refractivity contribution >= 4 is 50.1 Å². The molecule has 0 aliphatic carbocycles. The summed E-state index contributed by atoms with van der Waals surface area (Å²) in [5, 5.41) is 0.637. The first-order chi connectivity index (χ1) is 12.4. The molecule has 1 heterocycles. The molecule has 0 saturated carbocycles. The number of rotatable bonds is 6. The van der Waals surface area contributed by atoms with E-state index in [9.17, 15) is 8.42 Å². The van der Waals surface area contributed by atoms with Crippen molar-refractivity contribution in [2.45, 2.75) is 28.9 Å². The maximum absolute atomic E-state index is 12.6. The quantitative estimate of drug-likeness (QED) is 0.552. The standard InChI is InChI=1S/C17H16ClN3O2S3/c1-11-14(18)9-6-10-15(11)26(22,23)21-17-19-16(20-25-17)12(2)24-13-7-4-3-5-8-13/h3-10,12H,1-2H3,(H,19,20,21). The molecule has 0 fully saturated rings. The molecule has 0 radical (unpaired) electrons. The second-order valence-corrected chi connectivity index (χ2v) is 9.72. The number of anilines is 1. The smallest absolute Gasteiger partial charge is 0.253 e. The van der Waals surface area contributed by atoms with Crippen molar-refractivity contribution in [1.82, 2.24) is 9.36 Å². The van der Waals surface area contributed by atoms with Gasteiger partial charge in [-0.15, -0.1) is 11.8 Å². The minimum atomic E-state index is -3.77. The van der Waals surface area contributed by atoms with Crippen LogP contribution in [-0.4, -0.2) is 17.8 Å². The third-order valence-electron chi connectivity index (χ3n) is 3.59. The van der Waals surface area contributed by atoms with Crippen LogP contribution in [0.5, 0.6) is 0 Å². The van der Waals surface area contributed by atoms with Crippen LogP contribution in [-0.2, 0) is 10.0 Å². The highest BCUT2D eigenvalue weighted by molar-refractivity contribution is 7.99. The summed E-state index contributed by atoms with van der Waals surface area (Å²) in [6.45, 7) is 3.65. The van der Waals surface area contributed by atoms with Crippen LogP contribution < -0.4 is 4.72 Å². The Bertz CT molecular complexity index is 1010. The number of aromatic nitrogens is 2. The van der Waals surface area contributed by atoms with E-state index in [4.69, 9.17) is 11.6 Å². The molecular formula is C17H16ClN3O2S3. The average molecular weight is 426 g/mol. The lowest BCUT2D eigenvalue weighted by atomic mass is 10.2. The van der Waals surface area contributed by atoms with E-state index in [0.717, 1.165) is 16.4 Å². The van der Waals surface area contributed by atoms with E-state index in [0.29, 0.717) is 16.4 Å². The van der Waals surface area contributed by atoms with Gasteiger partial charge in [0.05, 0.1) is 10.1 Å². The monoisotopic (exact) mass is 425 g/mol. The molecular weight excluding hydrogens is 410 g/mol. The first-order valence-corrected chi connectivity index (χ1v) is 11.2. The van der Waals surface area contributed by atoms with E-state index in [1.54, 1.807) is 30.8 Å². The second kappa shape index (κ2) is 7.96. The highest BCUT2D eigenvalue weighted by atomic mass is 35.5. The van der Waals surface area contributed by atoms with Crippen LogP contribution in [0.4, 0.5) is 5.13 Å². The van der Waals surface area contributed by atoms with E-state index in [2.05, 4.69) is 14.1 Å². The minimum Gasteiger partial charge on any atom is -0.253 e. The van der Waals surface area contributed by atoms with Gasteiger partial charge in [-0.3, -0.25) is 4.72 Å². The van der Waals surface area contributed by atoms with Gasteiger partial charge in [0.15, 0.2) is 5.82 Å². The Morgan fingerprint density at radius 1 is 1.15 bits per heavy atom. The van der Waals surface area contributed by atoms with Crippen LogP contribution >= 0.6 is 34.9 Å². The molecule has 3 rings (SSSR count). The molecule has 1 atom stereocenters. The molecule has 0 bridgehead atoms. The molecule has 0 spiro atoms. The van der Waals surface area contributed by atoms with Crippen molar-refractivity contribution in [3.8, 4) is 0 Å². The van der Waals surface area contributed by atoms with Crippen molar-refractivity contribution in [2.24, 2.45) is 0 Å². The summed E-state index contributed by atoms with van der Waals surface area (Å²) in [5.41, 5.74) is 0.499. The van der Waals surface area contributed by atoms with Crippen molar-refractivity contribution in [1.29, 1.82) is 0 Å². The van der Waals surface area contributed by atoms with Gasteiger partial charge >= 0.3 is 0 Å². The molecule has 9 heteroatoms. The second-order valence-electron chi connectivity index (χ2n) is 5.50. The molecule has 1 N–H and O–H groups in total. The summed E-state index contributed by atoms with van der Waals surface area (Å²) >= 11 is 8.66. The maximum Gasteiger partial charge on any atom is 0.264 e. The van der Waals surface area contributed by atoms with Crippen molar-refractivity contribution in [3.63, 3.8) is 0 Å². The van der Waals surface area contributed by atoms with E-state index < -0.39 is 10.0 Å². The van der Waals surface area contributed by atoms with Crippen LogP contribution in [0.3, 0.4) is 0 Å². The molecule has 1 unspecified atom stereocenters. The van der Waals surface area contributed by atoms with E-state index in [1.807, 2.05) is 37.3 Å². The van der Waals surface area contributed by atoms with Gasteiger partial charge in [-0.1, -0.05) is 35.9 Å². The minimum absolute atomic E-state index is 0.000176. The van der Waals surface area contributed by atoms with Crippen LogP contribution in [0.15, 0.2) is 58.3 Å². The highest BCUT2D eigenvalue weighted by Gasteiger charge is 2.21. The lowest BCUT2D eigenvalue weighted by molar-refractivity contribution is 0.600. The van der Waals surface area contributed by atoms with Gasteiger partial charge in [-0.25, -0.2) is 13.4 Å². The van der Waals surface area contributed by atoms with Gasteiger partial charge in [0.2, 0.25) is 5.13 Å². The van der Waals surface area contributed by atoms with Crippen molar-refractivity contribution in [2.75, 3.05) is 4.72 Å². The molecule has 0 saturated heterocycles. The molecule has 1 aromatic heterocycles. The van der Waals surface area contributed by atoms with Crippen LogP contribution in [0.2, 0.25) is 5.02 Å². The number of thioether (sulfide) groups is 1. The van der Waals surface area contributed by atoms with Crippen LogP contribution in [0, 0.1) is 6.92 Å². The third kappa shape index (κ3) is 4.37. The molecule has 0 amide bonds. The van der Waals surface area contributed by atoms with E-state index in [-0.39, 0.29) is 15.3 Å². The summed E-state index contributed by atoms with van der Waals surface area (Å²) in [5.74, 6) is 0.587. The van der Waals surface area contributed by atoms with Gasteiger partial charge in [0.25, 0.3) is 10.0 Å². The van der Waals surface area contributed by atoms with Gasteiger partial charge in [-0.05, 0) is 43.7 Å². The molecule has 3 aromatic rings.